The quantitative estimate of drug-likeness (QED) is 0.284. The Labute approximate surface area is 128 Å². The van der Waals surface area contributed by atoms with Crippen molar-refractivity contribution in [2.75, 3.05) is 42.7 Å². The first kappa shape index (κ1) is 27.5. The van der Waals surface area contributed by atoms with Gasteiger partial charge in [-0.05, 0) is 0 Å². The molecule has 0 spiro atoms. The van der Waals surface area contributed by atoms with Crippen LogP contribution in [0, 0.1) is 0 Å². The zero-order valence-corrected chi connectivity index (χ0v) is 15.5. The van der Waals surface area contributed by atoms with Crippen LogP contribution in [0.25, 0.3) is 0 Å². The molecule has 0 aromatic carbocycles. The van der Waals surface area contributed by atoms with Crippen LogP contribution in [-0.4, -0.2) is 48.4 Å². The zero-order valence-electron chi connectivity index (χ0n) is 11.1. The van der Waals surface area contributed by atoms with Crippen molar-refractivity contribution < 1.29 is 51.4 Å². The summed E-state index contributed by atoms with van der Waals surface area (Å²) < 4.78 is 28.2. The van der Waals surface area contributed by atoms with E-state index in [1.54, 1.807) is 42.7 Å². The second-order valence-electron chi connectivity index (χ2n) is 1.80. The summed E-state index contributed by atoms with van der Waals surface area (Å²) in [4.78, 5) is 8.45. The first-order chi connectivity index (χ1) is 8.11. The molecule has 0 unspecified atom stereocenters. The Morgan fingerprint density at radius 1 is 0.722 bits per heavy atom. The van der Waals surface area contributed by atoms with Gasteiger partial charge in [0.15, 0.2) is 0 Å². The summed E-state index contributed by atoms with van der Waals surface area (Å²) in [7, 11) is 6.62. The number of halogens is 1. The van der Waals surface area contributed by atoms with E-state index in [-0.39, 0.29) is 19.5 Å². The summed E-state index contributed by atoms with van der Waals surface area (Å²) in [5.41, 5.74) is 0. The smallest absolute Gasteiger partial charge is 0.397 e. The molecule has 0 saturated carbocycles. The first-order valence-electron chi connectivity index (χ1n) is 4.07. The van der Waals surface area contributed by atoms with Gasteiger partial charge in [-0.3, -0.25) is 0 Å². The number of carbonyl (C=O) groups excluding carboxylic acids is 1. The molecule has 0 heterocycles. The fraction of sp³-hybridized carbons (Fsp3) is 0.857. The van der Waals surface area contributed by atoms with E-state index in [2.05, 4.69) is 11.6 Å². The van der Waals surface area contributed by atoms with Gasteiger partial charge in [-0.1, -0.05) is 0 Å². The van der Waals surface area contributed by atoms with E-state index in [1.165, 1.54) is 0 Å². The Balaban J connectivity index is -0.0000000857. The maximum absolute atomic E-state index is 8.45. The van der Waals surface area contributed by atoms with Crippen LogP contribution in [0.15, 0.2) is 0 Å². The number of hydrogen-bond acceptors (Lipinski definition) is 7. The van der Waals surface area contributed by atoms with Crippen molar-refractivity contribution in [3.8, 4) is 0 Å². The molecule has 1 radical (unpaired) electrons. The Hall–Kier alpha value is 1.20. The zero-order chi connectivity index (χ0) is 14.1. The molecule has 7 nitrogen and oxygen atoms in total. The van der Waals surface area contributed by atoms with Crippen LogP contribution >= 0.6 is 28.8 Å². The molecule has 0 aliphatic rings. The standard InChI is InChI=1S/2C3H10O3P.CClO.Rh/c2*1-4-7(5-2)6-3;2-1-3;/h2*7H,1-3H3;;/q2*+1;-1;. The molecule has 0 amide bonds. The van der Waals surface area contributed by atoms with Crippen LogP contribution < -0.4 is 0 Å². The summed E-state index contributed by atoms with van der Waals surface area (Å²) in [6.45, 7) is 0. The molecule has 18 heavy (non-hydrogen) atoms. The third kappa shape index (κ3) is 25.9. The minimum atomic E-state index is -1.36. The number of hydrogen-bond donors (Lipinski definition) is 0. The molecule has 0 bridgehead atoms. The Bertz CT molecular complexity index is 118. The third-order valence-corrected chi connectivity index (χ3v) is 3.00. The molecule has 0 fully saturated rings. The first-order valence-corrected chi connectivity index (χ1v) is 6.89. The monoisotopic (exact) mass is 416 g/mol. The van der Waals surface area contributed by atoms with Crippen LogP contribution in [-0.2, 0) is 51.4 Å². The van der Waals surface area contributed by atoms with Gasteiger partial charge in [0, 0.05) is 19.5 Å². The van der Waals surface area contributed by atoms with Gasteiger partial charge in [0.05, 0.1) is 42.7 Å². The van der Waals surface area contributed by atoms with Gasteiger partial charge < -0.3 is 16.4 Å². The van der Waals surface area contributed by atoms with Gasteiger partial charge in [-0.2, -0.15) is 32.9 Å². The van der Waals surface area contributed by atoms with Crippen LogP contribution in [0.5, 0.6) is 0 Å². The van der Waals surface area contributed by atoms with E-state index in [4.69, 9.17) is 31.9 Å². The van der Waals surface area contributed by atoms with Crippen molar-refractivity contribution in [2.45, 2.75) is 0 Å². The molecular formula is C7H20ClO7P2Rh+. The fourth-order valence-corrected chi connectivity index (χ4v) is 1.50. The largest absolute Gasteiger partial charge is 0.525 e. The van der Waals surface area contributed by atoms with Gasteiger partial charge >= 0.3 is 17.2 Å². The molecular weight excluding hydrogens is 396 g/mol. The Morgan fingerprint density at radius 2 is 0.833 bits per heavy atom. The van der Waals surface area contributed by atoms with E-state index < -0.39 is 17.2 Å². The summed E-state index contributed by atoms with van der Waals surface area (Å²) in [6, 6.07) is 0. The number of rotatable bonds is 6. The molecule has 115 valence electrons. The van der Waals surface area contributed by atoms with Crippen molar-refractivity contribution >= 4 is 34.6 Å². The average Bonchev–Trinajstić information content (AvgIpc) is 2.35. The maximum Gasteiger partial charge on any atom is 0.397 e. The van der Waals surface area contributed by atoms with Gasteiger partial charge in [-0.25, -0.2) is 0 Å². The van der Waals surface area contributed by atoms with Crippen LogP contribution in [0.4, 0.5) is 0 Å². The molecule has 0 aromatic rings. The Kier molecular flexibility index (Phi) is 40.8. The molecule has 0 aromatic heterocycles. The predicted octanol–water partition coefficient (Wildman–Crippen LogP) is 2.06. The van der Waals surface area contributed by atoms with Crippen molar-refractivity contribution in [2.24, 2.45) is 0 Å². The van der Waals surface area contributed by atoms with Gasteiger partial charge in [-0.15, -0.1) is 0 Å². The van der Waals surface area contributed by atoms with E-state index >= 15 is 0 Å². The Morgan fingerprint density at radius 3 is 0.833 bits per heavy atom. The molecule has 11 heteroatoms. The second kappa shape index (κ2) is 26.7. The second-order valence-corrected chi connectivity index (χ2v) is 5.41. The van der Waals surface area contributed by atoms with Gasteiger partial charge in [0.25, 0.3) is 0 Å². The van der Waals surface area contributed by atoms with Gasteiger partial charge in [0.1, 0.15) is 0 Å². The minimum absolute atomic E-state index is 0. The van der Waals surface area contributed by atoms with Gasteiger partial charge in [0.2, 0.25) is 0 Å². The maximum atomic E-state index is 8.45. The SMILES string of the molecule is CO[PH+](OC)OC.CO[PH+](OC)OC.O=[C-]Cl.[Rh]. The van der Waals surface area contributed by atoms with Crippen molar-refractivity contribution in [3.63, 3.8) is 0 Å². The van der Waals surface area contributed by atoms with E-state index in [9.17, 15) is 0 Å². The molecule has 0 saturated heterocycles. The topological polar surface area (TPSA) is 72.5 Å². The fourth-order valence-electron chi connectivity index (χ4n) is 0.500. The molecule has 0 N–H and O–H groups in total. The van der Waals surface area contributed by atoms with E-state index in [1.807, 2.05) is 0 Å². The van der Waals surface area contributed by atoms with E-state index in [0.29, 0.717) is 0 Å². The van der Waals surface area contributed by atoms with Crippen molar-refractivity contribution in [1.82, 2.24) is 0 Å². The molecule has 0 aliphatic carbocycles. The summed E-state index contributed by atoms with van der Waals surface area (Å²) in [5, 5.41) is 0. The van der Waals surface area contributed by atoms with Crippen molar-refractivity contribution in [3.05, 3.63) is 0 Å². The van der Waals surface area contributed by atoms with Crippen LogP contribution in [0.3, 0.4) is 0 Å². The minimum Gasteiger partial charge on any atom is -0.525 e. The third-order valence-electron chi connectivity index (χ3n) is 1.00. The summed E-state index contributed by atoms with van der Waals surface area (Å²) in [5.74, 6) is 0.972. The normalized spacial score (nSPS) is 8.72. The molecule has 0 aliphatic heterocycles. The predicted molar refractivity (Wildman–Crippen MR) is 70.2 cm³/mol. The molecule has 0 rings (SSSR count). The molecule has 0 atom stereocenters. The summed E-state index contributed by atoms with van der Waals surface area (Å²) >= 11 is 4.19. The van der Waals surface area contributed by atoms with Crippen LogP contribution in [0.2, 0.25) is 0 Å². The van der Waals surface area contributed by atoms with Crippen molar-refractivity contribution in [1.29, 1.82) is 0 Å². The average molecular weight is 417 g/mol. The van der Waals surface area contributed by atoms with Crippen LogP contribution in [0.1, 0.15) is 0 Å². The van der Waals surface area contributed by atoms with E-state index in [0.717, 1.165) is 5.75 Å². The summed E-state index contributed by atoms with van der Waals surface area (Å²) in [6.07, 6.45) is 0.